The van der Waals surface area contributed by atoms with E-state index in [2.05, 4.69) is 15.2 Å². The second-order valence-electron chi connectivity index (χ2n) is 6.08. The van der Waals surface area contributed by atoms with Crippen LogP contribution < -0.4 is 5.73 Å². The molecule has 1 saturated carbocycles. The zero-order valence-corrected chi connectivity index (χ0v) is 13.0. The first-order chi connectivity index (χ1) is 11.9. The Kier molecular flexibility index (Phi) is 3.43. The highest BCUT2D eigenvalue weighted by molar-refractivity contribution is 5.58. The summed E-state index contributed by atoms with van der Waals surface area (Å²) in [6.45, 7) is 0. The summed E-state index contributed by atoms with van der Waals surface area (Å²) in [5.74, 6) is -0.00410. The number of benzene rings is 1. The molecule has 3 aromatic rings. The first-order valence-corrected chi connectivity index (χ1v) is 7.73. The molecule has 130 valence electrons. The van der Waals surface area contributed by atoms with Gasteiger partial charge < -0.3 is 10.3 Å². The van der Waals surface area contributed by atoms with Crippen LogP contribution in [0.4, 0.5) is 13.2 Å². The molecular formula is C16H14F3N5O. The molecule has 25 heavy (non-hydrogen) atoms. The summed E-state index contributed by atoms with van der Waals surface area (Å²) < 4.78 is 46.9. The van der Waals surface area contributed by atoms with Crippen LogP contribution >= 0.6 is 0 Å². The molecule has 2 N–H and O–H groups in total. The molecule has 0 amide bonds. The third-order valence-electron chi connectivity index (χ3n) is 4.39. The topological polar surface area (TPSA) is 82.8 Å². The van der Waals surface area contributed by atoms with Crippen molar-refractivity contribution in [2.75, 3.05) is 0 Å². The minimum absolute atomic E-state index is 0.231. The Morgan fingerprint density at radius 3 is 2.48 bits per heavy atom. The summed E-state index contributed by atoms with van der Waals surface area (Å²) >= 11 is 0. The summed E-state index contributed by atoms with van der Waals surface area (Å²) in [5, 5.41) is 7.65. The van der Waals surface area contributed by atoms with Gasteiger partial charge in [-0.05, 0) is 31.4 Å². The van der Waals surface area contributed by atoms with E-state index in [1.54, 1.807) is 18.2 Å². The lowest BCUT2D eigenvalue weighted by molar-refractivity contribution is -0.142. The largest absolute Gasteiger partial charge is 0.434 e. The van der Waals surface area contributed by atoms with Gasteiger partial charge in [0.05, 0.1) is 23.0 Å². The molecule has 0 saturated heterocycles. The normalized spacial score (nSPS) is 16.6. The van der Waals surface area contributed by atoms with Crippen molar-refractivity contribution in [2.24, 2.45) is 5.73 Å². The minimum Gasteiger partial charge on any atom is -0.334 e. The molecule has 0 aliphatic heterocycles. The fourth-order valence-corrected chi connectivity index (χ4v) is 2.86. The Labute approximate surface area is 140 Å². The highest BCUT2D eigenvalue weighted by atomic mass is 19.4. The van der Waals surface area contributed by atoms with Crippen molar-refractivity contribution in [1.29, 1.82) is 0 Å². The van der Waals surface area contributed by atoms with Gasteiger partial charge >= 0.3 is 6.18 Å². The molecule has 1 aliphatic carbocycles. The van der Waals surface area contributed by atoms with E-state index in [0.717, 1.165) is 17.3 Å². The maximum atomic E-state index is 13.7. The van der Waals surface area contributed by atoms with E-state index in [1.807, 2.05) is 0 Å². The number of hydrogen-bond donors (Lipinski definition) is 1. The van der Waals surface area contributed by atoms with Gasteiger partial charge in [-0.15, -0.1) is 0 Å². The van der Waals surface area contributed by atoms with E-state index in [-0.39, 0.29) is 23.0 Å². The van der Waals surface area contributed by atoms with E-state index < -0.39 is 17.4 Å². The molecule has 2 heterocycles. The maximum Gasteiger partial charge on any atom is 0.434 e. The first kappa shape index (κ1) is 15.8. The van der Waals surface area contributed by atoms with Crippen molar-refractivity contribution in [1.82, 2.24) is 19.9 Å². The fourth-order valence-electron chi connectivity index (χ4n) is 2.86. The molecule has 9 heteroatoms. The van der Waals surface area contributed by atoms with Crippen LogP contribution in [-0.4, -0.2) is 19.9 Å². The summed E-state index contributed by atoms with van der Waals surface area (Å²) in [7, 11) is 0. The Bertz CT molecular complexity index is 896. The highest BCUT2D eigenvalue weighted by Crippen LogP contribution is 2.40. The molecule has 2 aromatic heterocycles. The van der Waals surface area contributed by atoms with Crippen LogP contribution in [0, 0.1) is 0 Å². The monoisotopic (exact) mass is 349 g/mol. The first-order valence-electron chi connectivity index (χ1n) is 7.73. The van der Waals surface area contributed by atoms with Crippen LogP contribution in [0.5, 0.6) is 0 Å². The van der Waals surface area contributed by atoms with E-state index >= 15 is 0 Å². The molecular weight excluding hydrogens is 335 g/mol. The van der Waals surface area contributed by atoms with Crippen LogP contribution in [0.2, 0.25) is 0 Å². The predicted octanol–water partition coefficient (Wildman–Crippen LogP) is 3.28. The molecule has 1 aromatic carbocycles. The van der Waals surface area contributed by atoms with Gasteiger partial charge in [-0.2, -0.15) is 23.3 Å². The molecule has 0 spiro atoms. The van der Waals surface area contributed by atoms with Gasteiger partial charge in [0.25, 0.3) is 5.89 Å². The number of halogens is 3. The number of aromatic nitrogens is 4. The molecule has 0 bridgehead atoms. The number of rotatable bonds is 3. The minimum atomic E-state index is -4.65. The Balaban J connectivity index is 1.82. The van der Waals surface area contributed by atoms with Crippen LogP contribution in [-0.2, 0) is 11.7 Å². The lowest BCUT2D eigenvalue weighted by Crippen LogP contribution is -2.44. The second kappa shape index (κ2) is 5.41. The quantitative estimate of drug-likeness (QED) is 0.785. The number of nitrogens with zero attached hydrogens (tertiary/aromatic N) is 4. The Hall–Kier alpha value is -2.68. The molecule has 1 fully saturated rings. The SMILES string of the molecule is NC1(c2noc(-c3cnn(-c4ccccc4)c3C(F)(F)F)n2)CCC1. The molecule has 1 aliphatic rings. The fraction of sp³-hybridized carbons (Fsp3) is 0.312. The number of para-hydroxylation sites is 1. The lowest BCUT2D eigenvalue weighted by atomic mass is 9.77. The number of hydrogen-bond acceptors (Lipinski definition) is 5. The summed E-state index contributed by atoms with van der Waals surface area (Å²) in [6.07, 6.45) is -1.27. The van der Waals surface area contributed by atoms with Crippen LogP contribution in [0.25, 0.3) is 17.1 Å². The number of nitrogens with two attached hydrogens (primary N) is 1. The van der Waals surface area contributed by atoms with Crippen LogP contribution in [0.3, 0.4) is 0 Å². The van der Waals surface area contributed by atoms with E-state index in [9.17, 15) is 13.2 Å². The Morgan fingerprint density at radius 1 is 1.16 bits per heavy atom. The third kappa shape index (κ3) is 2.60. The van der Waals surface area contributed by atoms with E-state index in [4.69, 9.17) is 10.3 Å². The van der Waals surface area contributed by atoms with Crippen molar-refractivity contribution < 1.29 is 17.7 Å². The van der Waals surface area contributed by atoms with Gasteiger partial charge in [0.1, 0.15) is 0 Å². The van der Waals surface area contributed by atoms with Crippen molar-refractivity contribution in [3.8, 4) is 17.1 Å². The van der Waals surface area contributed by atoms with Gasteiger partial charge in [0, 0.05) is 0 Å². The van der Waals surface area contributed by atoms with Gasteiger partial charge in [0.15, 0.2) is 11.5 Å². The second-order valence-corrected chi connectivity index (χ2v) is 6.08. The van der Waals surface area contributed by atoms with Gasteiger partial charge in [-0.25, -0.2) is 4.68 Å². The zero-order valence-electron chi connectivity index (χ0n) is 13.0. The Morgan fingerprint density at radius 2 is 1.88 bits per heavy atom. The molecule has 4 rings (SSSR count). The van der Waals surface area contributed by atoms with E-state index in [0.29, 0.717) is 12.8 Å². The van der Waals surface area contributed by atoms with Gasteiger partial charge in [0.2, 0.25) is 0 Å². The van der Waals surface area contributed by atoms with E-state index in [1.165, 1.54) is 12.1 Å². The highest BCUT2D eigenvalue weighted by Gasteiger charge is 2.42. The standard InChI is InChI=1S/C16H14F3N5O/c17-16(18,19)12-11(9-21-24(12)10-5-2-1-3-6-10)13-22-14(23-25-13)15(20)7-4-8-15/h1-3,5-6,9H,4,7-8,20H2. The average Bonchev–Trinajstić information content (AvgIpc) is 3.19. The molecule has 6 nitrogen and oxygen atoms in total. The molecule has 0 atom stereocenters. The third-order valence-corrected chi connectivity index (χ3v) is 4.39. The van der Waals surface area contributed by atoms with Crippen LogP contribution in [0.1, 0.15) is 30.8 Å². The maximum absolute atomic E-state index is 13.7. The van der Waals surface area contributed by atoms with Crippen molar-refractivity contribution >= 4 is 0 Å². The van der Waals surface area contributed by atoms with Gasteiger partial charge in [-0.3, -0.25) is 0 Å². The molecule has 0 unspecified atom stereocenters. The number of alkyl halides is 3. The van der Waals surface area contributed by atoms with Crippen molar-refractivity contribution in [2.45, 2.75) is 31.0 Å². The summed E-state index contributed by atoms with van der Waals surface area (Å²) in [6, 6.07) is 8.06. The average molecular weight is 349 g/mol. The smallest absolute Gasteiger partial charge is 0.334 e. The predicted molar refractivity (Wildman–Crippen MR) is 81.6 cm³/mol. The summed E-state index contributed by atoms with van der Waals surface area (Å²) in [4.78, 5) is 4.10. The zero-order chi connectivity index (χ0) is 17.7. The molecule has 0 radical (unpaired) electrons. The summed E-state index contributed by atoms with van der Waals surface area (Å²) in [5.41, 5.74) is 4.45. The van der Waals surface area contributed by atoms with Crippen molar-refractivity contribution in [3.05, 3.63) is 48.0 Å². The van der Waals surface area contributed by atoms with Crippen LogP contribution in [0.15, 0.2) is 41.1 Å². The lowest BCUT2D eigenvalue weighted by Gasteiger charge is -2.34. The van der Waals surface area contributed by atoms with Gasteiger partial charge in [-0.1, -0.05) is 23.4 Å². The van der Waals surface area contributed by atoms with Crippen molar-refractivity contribution in [3.63, 3.8) is 0 Å².